The van der Waals surface area contributed by atoms with Crippen LogP contribution in [0.15, 0.2) is 46.9 Å². The van der Waals surface area contributed by atoms with Crippen LogP contribution in [0.1, 0.15) is 26.3 Å². The van der Waals surface area contributed by atoms with E-state index in [2.05, 4.69) is 74.0 Å². The lowest BCUT2D eigenvalue weighted by atomic mass is 10.0. The second-order valence-corrected chi connectivity index (χ2v) is 6.62. The van der Waals surface area contributed by atoms with Crippen LogP contribution in [0.2, 0.25) is 0 Å². The SMILES string of the molecule is Cc1cc(Br)ccc1-c1cccc(OC(C)(C)C)c1. The summed E-state index contributed by atoms with van der Waals surface area (Å²) in [5.74, 6) is 0.910. The fourth-order valence-electron chi connectivity index (χ4n) is 2.03. The van der Waals surface area contributed by atoms with Gasteiger partial charge in [0, 0.05) is 4.47 Å². The molecular weight excluding hydrogens is 300 g/mol. The molecule has 0 aliphatic carbocycles. The fourth-order valence-corrected chi connectivity index (χ4v) is 2.51. The summed E-state index contributed by atoms with van der Waals surface area (Å²) in [6.45, 7) is 8.30. The molecular formula is C17H19BrO. The fraction of sp³-hybridized carbons (Fsp3) is 0.294. The minimum Gasteiger partial charge on any atom is -0.488 e. The maximum atomic E-state index is 5.92. The lowest BCUT2D eigenvalue weighted by Crippen LogP contribution is -2.22. The van der Waals surface area contributed by atoms with Crippen molar-refractivity contribution in [3.63, 3.8) is 0 Å². The van der Waals surface area contributed by atoms with Crippen molar-refractivity contribution in [2.75, 3.05) is 0 Å². The normalized spacial score (nSPS) is 11.4. The molecule has 0 heterocycles. The first-order chi connectivity index (χ1) is 8.85. The van der Waals surface area contributed by atoms with Crippen molar-refractivity contribution in [2.45, 2.75) is 33.3 Å². The molecule has 0 radical (unpaired) electrons. The zero-order chi connectivity index (χ0) is 14.0. The quantitative estimate of drug-likeness (QED) is 0.700. The summed E-state index contributed by atoms with van der Waals surface area (Å²) in [5, 5.41) is 0. The van der Waals surface area contributed by atoms with Gasteiger partial charge in [-0.05, 0) is 68.7 Å². The zero-order valence-corrected chi connectivity index (χ0v) is 13.4. The molecule has 0 atom stereocenters. The molecule has 0 N–H and O–H groups in total. The van der Waals surface area contributed by atoms with Gasteiger partial charge < -0.3 is 4.74 Å². The molecule has 0 aliphatic rings. The summed E-state index contributed by atoms with van der Waals surface area (Å²) in [7, 11) is 0. The van der Waals surface area contributed by atoms with Crippen molar-refractivity contribution in [1.82, 2.24) is 0 Å². The maximum absolute atomic E-state index is 5.92. The highest BCUT2D eigenvalue weighted by Crippen LogP contribution is 2.29. The summed E-state index contributed by atoms with van der Waals surface area (Å²) >= 11 is 3.50. The lowest BCUT2D eigenvalue weighted by Gasteiger charge is -2.21. The molecule has 2 rings (SSSR count). The molecule has 100 valence electrons. The Kier molecular flexibility index (Phi) is 4.00. The van der Waals surface area contributed by atoms with E-state index in [1.165, 1.54) is 16.7 Å². The van der Waals surface area contributed by atoms with E-state index in [4.69, 9.17) is 4.74 Å². The molecule has 0 fully saturated rings. The third kappa shape index (κ3) is 3.84. The number of halogens is 1. The van der Waals surface area contributed by atoms with Gasteiger partial charge in [-0.3, -0.25) is 0 Å². The van der Waals surface area contributed by atoms with E-state index in [0.717, 1.165) is 10.2 Å². The minimum absolute atomic E-state index is 0.173. The molecule has 1 nitrogen and oxygen atoms in total. The van der Waals surface area contributed by atoms with Gasteiger partial charge in [0.25, 0.3) is 0 Å². The highest BCUT2D eigenvalue weighted by atomic mass is 79.9. The number of aryl methyl sites for hydroxylation is 1. The average molecular weight is 319 g/mol. The van der Waals surface area contributed by atoms with Crippen molar-refractivity contribution >= 4 is 15.9 Å². The van der Waals surface area contributed by atoms with E-state index >= 15 is 0 Å². The lowest BCUT2D eigenvalue weighted by molar-refractivity contribution is 0.131. The predicted octanol–water partition coefficient (Wildman–Crippen LogP) is 5.60. The van der Waals surface area contributed by atoms with Crippen molar-refractivity contribution in [3.05, 3.63) is 52.5 Å². The van der Waals surface area contributed by atoms with E-state index in [1.54, 1.807) is 0 Å². The van der Waals surface area contributed by atoms with E-state index in [9.17, 15) is 0 Å². The van der Waals surface area contributed by atoms with E-state index < -0.39 is 0 Å². The third-order valence-corrected chi connectivity index (χ3v) is 3.25. The van der Waals surface area contributed by atoms with Crippen molar-refractivity contribution in [1.29, 1.82) is 0 Å². The van der Waals surface area contributed by atoms with Gasteiger partial charge in [0.1, 0.15) is 11.4 Å². The van der Waals surface area contributed by atoms with E-state index in [-0.39, 0.29) is 5.60 Å². The van der Waals surface area contributed by atoms with Crippen molar-refractivity contribution < 1.29 is 4.74 Å². The Morgan fingerprint density at radius 2 is 1.74 bits per heavy atom. The molecule has 0 amide bonds. The van der Waals surface area contributed by atoms with Crippen LogP contribution in [0.25, 0.3) is 11.1 Å². The van der Waals surface area contributed by atoms with Crippen LogP contribution in [-0.4, -0.2) is 5.60 Å². The second kappa shape index (κ2) is 5.38. The number of rotatable bonds is 2. The molecule has 0 bridgehead atoms. The van der Waals surface area contributed by atoms with Crippen molar-refractivity contribution in [3.8, 4) is 16.9 Å². The highest BCUT2D eigenvalue weighted by Gasteiger charge is 2.12. The van der Waals surface area contributed by atoms with E-state index in [0.29, 0.717) is 0 Å². The van der Waals surface area contributed by atoms with Crippen LogP contribution in [0.4, 0.5) is 0 Å². The first-order valence-electron chi connectivity index (χ1n) is 6.41. The van der Waals surface area contributed by atoms with Gasteiger partial charge in [-0.2, -0.15) is 0 Å². The highest BCUT2D eigenvalue weighted by molar-refractivity contribution is 9.10. The Morgan fingerprint density at radius 1 is 1.00 bits per heavy atom. The largest absolute Gasteiger partial charge is 0.488 e. The average Bonchev–Trinajstić information content (AvgIpc) is 2.26. The number of hydrogen-bond donors (Lipinski definition) is 0. The number of hydrogen-bond acceptors (Lipinski definition) is 1. The van der Waals surface area contributed by atoms with Gasteiger partial charge in [0.05, 0.1) is 0 Å². The molecule has 2 heteroatoms. The van der Waals surface area contributed by atoms with Crippen LogP contribution in [0.5, 0.6) is 5.75 Å². The van der Waals surface area contributed by atoms with Crippen LogP contribution in [0, 0.1) is 6.92 Å². The molecule has 0 aromatic heterocycles. The Balaban J connectivity index is 2.38. The molecule has 0 aliphatic heterocycles. The maximum Gasteiger partial charge on any atom is 0.120 e. The molecule has 0 unspecified atom stereocenters. The zero-order valence-electron chi connectivity index (χ0n) is 11.8. The summed E-state index contributed by atoms with van der Waals surface area (Å²) in [6.07, 6.45) is 0. The van der Waals surface area contributed by atoms with E-state index in [1.807, 2.05) is 12.1 Å². The van der Waals surface area contributed by atoms with Gasteiger partial charge in [-0.15, -0.1) is 0 Å². The molecule has 2 aromatic rings. The molecule has 0 saturated carbocycles. The number of ether oxygens (including phenoxy) is 1. The summed E-state index contributed by atoms with van der Waals surface area (Å²) in [5.41, 5.74) is 3.50. The van der Waals surface area contributed by atoms with Crippen LogP contribution in [0.3, 0.4) is 0 Å². The molecule has 0 spiro atoms. The number of benzene rings is 2. The van der Waals surface area contributed by atoms with Crippen LogP contribution >= 0.6 is 15.9 Å². The van der Waals surface area contributed by atoms with Crippen LogP contribution < -0.4 is 4.74 Å². The minimum atomic E-state index is -0.173. The van der Waals surface area contributed by atoms with Gasteiger partial charge in [0.15, 0.2) is 0 Å². The van der Waals surface area contributed by atoms with Gasteiger partial charge >= 0.3 is 0 Å². The second-order valence-electron chi connectivity index (χ2n) is 5.70. The topological polar surface area (TPSA) is 9.23 Å². The van der Waals surface area contributed by atoms with Gasteiger partial charge in [-0.25, -0.2) is 0 Å². The smallest absolute Gasteiger partial charge is 0.120 e. The first-order valence-corrected chi connectivity index (χ1v) is 7.20. The van der Waals surface area contributed by atoms with Gasteiger partial charge in [-0.1, -0.05) is 34.1 Å². The Hall–Kier alpha value is -1.28. The Bertz CT molecular complexity index is 582. The monoisotopic (exact) mass is 318 g/mol. The Labute approximate surface area is 123 Å². The molecule has 0 saturated heterocycles. The third-order valence-electron chi connectivity index (χ3n) is 2.76. The summed E-state index contributed by atoms with van der Waals surface area (Å²) in [6, 6.07) is 14.6. The van der Waals surface area contributed by atoms with Crippen LogP contribution in [-0.2, 0) is 0 Å². The standard InChI is InChI=1S/C17H19BrO/c1-12-10-14(18)8-9-16(12)13-6-5-7-15(11-13)19-17(2,3)4/h5-11H,1-4H3. The van der Waals surface area contributed by atoms with Crippen molar-refractivity contribution in [2.24, 2.45) is 0 Å². The summed E-state index contributed by atoms with van der Waals surface area (Å²) in [4.78, 5) is 0. The molecule has 2 aromatic carbocycles. The summed E-state index contributed by atoms with van der Waals surface area (Å²) < 4.78 is 7.03. The Morgan fingerprint density at radius 3 is 2.37 bits per heavy atom. The molecule has 19 heavy (non-hydrogen) atoms. The first kappa shape index (κ1) is 14.1. The van der Waals surface area contributed by atoms with Gasteiger partial charge in [0.2, 0.25) is 0 Å². The predicted molar refractivity (Wildman–Crippen MR) is 84.7 cm³/mol.